The van der Waals surface area contributed by atoms with Crippen LogP contribution in [0.25, 0.3) is 11.5 Å². The number of esters is 1. The summed E-state index contributed by atoms with van der Waals surface area (Å²) in [6, 6.07) is 12.1. The summed E-state index contributed by atoms with van der Waals surface area (Å²) in [5.74, 6) is 0.625. The van der Waals surface area contributed by atoms with Crippen molar-refractivity contribution < 1.29 is 23.1 Å². The molecule has 1 aliphatic heterocycles. The van der Waals surface area contributed by atoms with Crippen molar-refractivity contribution in [2.45, 2.75) is 13.5 Å². The molecular formula is C24H26FN3O4. The molecule has 7 nitrogen and oxygen atoms in total. The lowest BCUT2D eigenvalue weighted by Crippen LogP contribution is -2.46. The molecule has 2 heterocycles. The van der Waals surface area contributed by atoms with Gasteiger partial charge in [0.1, 0.15) is 5.76 Å². The fourth-order valence-electron chi connectivity index (χ4n) is 3.79. The first-order chi connectivity index (χ1) is 15.5. The van der Waals surface area contributed by atoms with Crippen LogP contribution in [0.3, 0.4) is 0 Å². The molecule has 0 atom stereocenters. The van der Waals surface area contributed by atoms with Crippen LogP contribution in [0.4, 0.5) is 10.1 Å². The van der Waals surface area contributed by atoms with Crippen molar-refractivity contribution in [2.24, 2.45) is 0 Å². The summed E-state index contributed by atoms with van der Waals surface area (Å²) in [4.78, 5) is 20.9. The quantitative estimate of drug-likeness (QED) is 0.540. The highest BCUT2D eigenvalue weighted by molar-refractivity contribution is 5.89. The highest BCUT2D eigenvalue weighted by Crippen LogP contribution is 2.28. The summed E-state index contributed by atoms with van der Waals surface area (Å²) in [5, 5.41) is 0. The van der Waals surface area contributed by atoms with E-state index >= 15 is 0 Å². The zero-order valence-electron chi connectivity index (χ0n) is 18.4. The van der Waals surface area contributed by atoms with Gasteiger partial charge in [0.2, 0.25) is 5.89 Å². The van der Waals surface area contributed by atoms with Crippen molar-refractivity contribution in [3.8, 4) is 17.2 Å². The fraction of sp³-hybridized carbons (Fsp3) is 0.333. The Morgan fingerprint density at radius 3 is 2.47 bits per heavy atom. The van der Waals surface area contributed by atoms with Gasteiger partial charge in [-0.2, -0.15) is 0 Å². The number of carbonyl (C=O) groups excluding carboxylic acids is 1. The largest absolute Gasteiger partial charge is 0.494 e. The third-order valence-corrected chi connectivity index (χ3v) is 5.69. The van der Waals surface area contributed by atoms with Gasteiger partial charge in [-0.25, -0.2) is 14.2 Å². The number of nitrogens with zero attached hydrogens (tertiary/aromatic N) is 3. The van der Waals surface area contributed by atoms with Gasteiger partial charge in [0.05, 0.1) is 25.5 Å². The first kappa shape index (κ1) is 21.8. The molecule has 168 valence electrons. The van der Waals surface area contributed by atoms with Crippen LogP contribution in [-0.4, -0.2) is 56.3 Å². The number of methoxy groups -OCH3 is 2. The highest BCUT2D eigenvalue weighted by Gasteiger charge is 2.21. The third kappa shape index (κ3) is 4.60. The van der Waals surface area contributed by atoms with Crippen molar-refractivity contribution in [1.29, 1.82) is 0 Å². The second-order valence-electron chi connectivity index (χ2n) is 7.67. The molecule has 0 bridgehead atoms. The molecular weight excluding hydrogens is 413 g/mol. The maximum Gasteiger partial charge on any atom is 0.337 e. The van der Waals surface area contributed by atoms with E-state index in [1.165, 1.54) is 20.3 Å². The Labute approximate surface area is 186 Å². The lowest BCUT2D eigenvalue weighted by molar-refractivity contribution is 0.0600. The molecule has 2 aromatic carbocycles. The van der Waals surface area contributed by atoms with Gasteiger partial charge in [-0.3, -0.25) is 4.90 Å². The van der Waals surface area contributed by atoms with Gasteiger partial charge < -0.3 is 18.8 Å². The molecule has 0 radical (unpaired) electrons. The van der Waals surface area contributed by atoms with Crippen molar-refractivity contribution >= 4 is 11.7 Å². The zero-order valence-corrected chi connectivity index (χ0v) is 18.4. The number of oxazole rings is 1. The Morgan fingerprint density at radius 2 is 1.81 bits per heavy atom. The molecule has 0 unspecified atom stereocenters. The molecule has 32 heavy (non-hydrogen) atoms. The maximum absolute atomic E-state index is 13.7. The van der Waals surface area contributed by atoms with Gasteiger partial charge in [0.15, 0.2) is 11.6 Å². The minimum atomic E-state index is -0.419. The molecule has 3 aromatic rings. The van der Waals surface area contributed by atoms with Gasteiger partial charge in [-0.05, 0) is 49.4 Å². The van der Waals surface area contributed by atoms with E-state index in [0.29, 0.717) is 23.6 Å². The number of hydrogen-bond donors (Lipinski definition) is 0. The van der Waals surface area contributed by atoms with E-state index in [1.807, 2.05) is 19.1 Å². The summed E-state index contributed by atoms with van der Waals surface area (Å²) in [7, 11) is 2.81. The monoisotopic (exact) mass is 439 g/mol. The second-order valence-corrected chi connectivity index (χ2v) is 7.67. The van der Waals surface area contributed by atoms with Crippen LogP contribution in [0.2, 0.25) is 0 Å². The van der Waals surface area contributed by atoms with Crippen molar-refractivity contribution in [1.82, 2.24) is 9.88 Å². The lowest BCUT2D eigenvalue weighted by atomic mass is 10.1. The van der Waals surface area contributed by atoms with Crippen LogP contribution in [0.15, 0.2) is 46.9 Å². The van der Waals surface area contributed by atoms with Crippen molar-refractivity contribution in [3.63, 3.8) is 0 Å². The highest BCUT2D eigenvalue weighted by atomic mass is 19.1. The van der Waals surface area contributed by atoms with E-state index < -0.39 is 5.82 Å². The summed E-state index contributed by atoms with van der Waals surface area (Å²) in [6.07, 6.45) is 0. The Bertz CT molecular complexity index is 1090. The topological polar surface area (TPSA) is 68.0 Å². The van der Waals surface area contributed by atoms with Crippen LogP contribution in [0.1, 0.15) is 21.8 Å². The molecule has 0 saturated carbocycles. The molecule has 4 rings (SSSR count). The minimum absolute atomic E-state index is 0.163. The minimum Gasteiger partial charge on any atom is -0.494 e. The molecule has 1 saturated heterocycles. The van der Waals surface area contributed by atoms with Crippen LogP contribution < -0.4 is 9.64 Å². The molecule has 0 aliphatic carbocycles. The number of benzene rings is 2. The standard InChI is InChI=1S/C24H26FN3O4/c1-16-21(26-23(32-16)18-6-9-20(25)22(14-18)30-2)15-27-10-12-28(13-11-27)19-7-4-17(5-8-19)24(29)31-3/h4-9,14H,10-13,15H2,1-3H3. The molecule has 1 fully saturated rings. The first-order valence-corrected chi connectivity index (χ1v) is 10.4. The average Bonchev–Trinajstić information content (AvgIpc) is 3.19. The molecule has 0 spiro atoms. The van der Waals surface area contributed by atoms with E-state index in [1.54, 1.807) is 24.3 Å². The summed E-state index contributed by atoms with van der Waals surface area (Å²) >= 11 is 0. The van der Waals surface area contributed by atoms with E-state index in [-0.39, 0.29) is 11.7 Å². The molecule has 1 aromatic heterocycles. The SMILES string of the molecule is COC(=O)c1ccc(N2CCN(Cc3nc(-c4ccc(F)c(OC)c4)oc3C)CC2)cc1. The zero-order chi connectivity index (χ0) is 22.7. The third-order valence-electron chi connectivity index (χ3n) is 5.69. The first-order valence-electron chi connectivity index (χ1n) is 10.4. The summed E-state index contributed by atoms with van der Waals surface area (Å²) in [5.41, 5.74) is 3.19. The Kier molecular flexibility index (Phi) is 6.41. The maximum atomic E-state index is 13.7. The van der Waals surface area contributed by atoms with Crippen molar-refractivity contribution in [2.75, 3.05) is 45.3 Å². The number of halogens is 1. The van der Waals surface area contributed by atoms with Crippen LogP contribution in [-0.2, 0) is 11.3 Å². The fourth-order valence-corrected chi connectivity index (χ4v) is 3.79. The van der Waals surface area contributed by atoms with E-state index in [4.69, 9.17) is 13.9 Å². The number of anilines is 1. The van der Waals surface area contributed by atoms with Gasteiger partial charge in [-0.15, -0.1) is 0 Å². The van der Waals surface area contributed by atoms with Gasteiger partial charge in [0.25, 0.3) is 0 Å². The van der Waals surface area contributed by atoms with Crippen LogP contribution >= 0.6 is 0 Å². The molecule has 1 aliphatic rings. The number of ether oxygens (including phenoxy) is 2. The Hall–Kier alpha value is -3.39. The number of hydrogen-bond acceptors (Lipinski definition) is 7. The Morgan fingerprint density at radius 1 is 1.09 bits per heavy atom. The Balaban J connectivity index is 1.38. The van der Waals surface area contributed by atoms with Gasteiger partial charge in [0, 0.05) is 44.0 Å². The van der Waals surface area contributed by atoms with Crippen LogP contribution in [0.5, 0.6) is 5.75 Å². The normalized spacial score (nSPS) is 14.4. The number of carbonyl (C=O) groups is 1. The second kappa shape index (κ2) is 9.40. The molecule has 8 heteroatoms. The average molecular weight is 439 g/mol. The van der Waals surface area contributed by atoms with E-state index in [9.17, 15) is 9.18 Å². The van der Waals surface area contributed by atoms with Gasteiger partial charge in [-0.1, -0.05) is 0 Å². The molecule has 0 amide bonds. The predicted molar refractivity (Wildman–Crippen MR) is 118 cm³/mol. The summed E-state index contributed by atoms with van der Waals surface area (Å²) < 4.78 is 29.4. The van der Waals surface area contributed by atoms with E-state index in [2.05, 4.69) is 14.8 Å². The summed E-state index contributed by atoms with van der Waals surface area (Å²) in [6.45, 7) is 6.08. The number of rotatable bonds is 6. The van der Waals surface area contributed by atoms with E-state index in [0.717, 1.165) is 43.3 Å². The van der Waals surface area contributed by atoms with Crippen LogP contribution in [0, 0.1) is 12.7 Å². The molecule has 0 N–H and O–H groups in total. The van der Waals surface area contributed by atoms with Crippen molar-refractivity contribution in [3.05, 3.63) is 65.3 Å². The predicted octanol–water partition coefficient (Wildman–Crippen LogP) is 3.91. The smallest absolute Gasteiger partial charge is 0.337 e. The number of aromatic nitrogens is 1. The number of aryl methyl sites for hydroxylation is 1. The van der Waals surface area contributed by atoms with Gasteiger partial charge >= 0.3 is 5.97 Å². The number of piperazine rings is 1. The lowest BCUT2D eigenvalue weighted by Gasteiger charge is -2.35.